The number of ketones is 1. The van der Waals surface area contributed by atoms with E-state index in [4.69, 9.17) is 0 Å². The van der Waals surface area contributed by atoms with E-state index in [1.165, 1.54) is 0 Å². The number of rotatable bonds is 6. The summed E-state index contributed by atoms with van der Waals surface area (Å²) in [5.41, 5.74) is 0.973. The van der Waals surface area contributed by atoms with E-state index in [1.54, 1.807) is 36.4 Å². The molecule has 2 heterocycles. The van der Waals surface area contributed by atoms with Gasteiger partial charge in [0.05, 0.1) is 11.6 Å². The van der Waals surface area contributed by atoms with Crippen LogP contribution in [0.4, 0.5) is 0 Å². The smallest absolute Gasteiger partial charge is 0.290 e. The van der Waals surface area contributed by atoms with Crippen LogP contribution in [-0.2, 0) is 9.59 Å². The molecule has 0 spiro atoms. The molecule has 1 amide bonds. The molecule has 0 saturated heterocycles. The molecule has 1 aliphatic heterocycles. The quantitative estimate of drug-likeness (QED) is 0.858. The van der Waals surface area contributed by atoms with Gasteiger partial charge in [-0.05, 0) is 31.8 Å². The van der Waals surface area contributed by atoms with Crippen LogP contribution in [0, 0.1) is 0 Å². The van der Waals surface area contributed by atoms with Crippen LogP contribution in [0.1, 0.15) is 24.9 Å². The molecular formula is C16H21N3O3. The zero-order chi connectivity index (χ0) is 16.3. The Kier molecular flexibility index (Phi) is 4.92. The van der Waals surface area contributed by atoms with Crippen molar-refractivity contribution >= 4 is 11.7 Å². The summed E-state index contributed by atoms with van der Waals surface area (Å²) in [5, 5.41) is 10.2. The molecule has 1 aromatic rings. The first-order valence-corrected chi connectivity index (χ1v) is 7.29. The molecule has 1 aromatic heterocycles. The molecule has 1 aliphatic rings. The van der Waals surface area contributed by atoms with Crippen LogP contribution < -0.4 is 0 Å². The van der Waals surface area contributed by atoms with Gasteiger partial charge in [-0.2, -0.15) is 0 Å². The van der Waals surface area contributed by atoms with Crippen molar-refractivity contribution in [3.8, 4) is 0 Å². The van der Waals surface area contributed by atoms with Crippen molar-refractivity contribution in [3.63, 3.8) is 0 Å². The number of Topliss-reactive ketones (excluding diaryl/α,β-unsaturated/α-hetero) is 1. The molecular weight excluding hydrogens is 282 g/mol. The lowest BCUT2D eigenvalue weighted by atomic mass is 9.96. The Bertz CT molecular complexity index is 596. The van der Waals surface area contributed by atoms with Crippen LogP contribution in [-0.4, -0.2) is 58.8 Å². The topological polar surface area (TPSA) is 73.7 Å². The molecule has 1 atom stereocenters. The van der Waals surface area contributed by atoms with Gasteiger partial charge >= 0.3 is 0 Å². The molecule has 0 fully saturated rings. The third kappa shape index (κ3) is 3.01. The van der Waals surface area contributed by atoms with E-state index in [9.17, 15) is 14.7 Å². The van der Waals surface area contributed by atoms with Gasteiger partial charge in [0.25, 0.3) is 5.91 Å². The fourth-order valence-electron chi connectivity index (χ4n) is 2.56. The van der Waals surface area contributed by atoms with E-state index < -0.39 is 17.7 Å². The fourth-order valence-corrected chi connectivity index (χ4v) is 2.56. The zero-order valence-corrected chi connectivity index (χ0v) is 13.1. The molecule has 0 aromatic carbocycles. The lowest BCUT2D eigenvalue weighted by molar-refractivity contribution is -0.129. The Morgan fingerprint density at radius 3 is 2.55 bits per heavy atom. The highest BCUT2D eigenvalue weighted by Crippen LogP contribution is 2.37. The Morgan fingerprint density at radius 1 is 1.36 bits per heavy atom. The first-order valence-electron chi connectivity index (χ1n) is 7.29. The minimum absolute atomic E-state index is 0.192. The molecule has 2 rings (SSSR count). The summed E-state index contributed by atoms with van der Waals surface area (Å²) in [7, 11) is 3.82. The predicted molar refractivity (Wildman–Crippen MR) is 82.2 cm³/mol. The van der Waals surface area contributed by atoms with Gasteiger partial charge in [-0.15, -0.1) is 0 Å². The Hall–Kier alpha value is -2.21. The minimum Gasteiger partial charge on any atom is -0.503 e. The molecule has 1 N–H and O–H groups in total. The number of aliphatic hydroxyl groups is 1. The lowest BCUT2D eigenvalue weighted by Crippen LogP contribution is -2.36. The molecule has 0 aliphatic carbocycles. The SMILES string of the molecule is CCC(=O)C1=C(O)C(=O)N(CCN(C)C)C1c1ccncc1. The summed E-state index contributed by atoms with van der Waals surface area (Å²) in [6.45, 7) is 2.80. The Morgan fingerprint density at radius 2 is 2.00 bits per heavy atom. The molecule has 0 bridgehead atoms. The van der Waals surface area contributed by atoms with Crippen LogP contribution >= 0.6 is 0 Å². The van der Waals surface area contributed by atoms with Gasteiger partial charge in [0.1, 0.15) is 0 Å². The van der Waals surface area contributed by atoms with E-state index in [0.29, 0.717) is 13.1 Å². The highest BCUT2D eigenvalue weighted by atomic mass is 16.3. The molecule has 0 saturated carbocycles. The Labute approximate surface area is 130 Å². The van der Waals surface area contributed by atoms with Crippen molar-refractivity contribution in [2.24, 2.45) is 0 Å². The fraction of sp³-hybridized carbons (Fsp3) is 0.438. The number of amides is 1. The molecule has 1 unspecified atom stereocenters. The van der Waals surface area contributed by atoms with E-state index in [-0.39, 0.29) is 17.8 Å². The third-order valence-corrected chi connectivity index (χ3v) is 3.74. The zero-order valence-electron chi connectivity index (χ0n) is 13.1. The average Bonchev–Trinajstić information content (AvgIpc) is 2.77. The summed E-state index contributed by atoms with van der Waals surface area (Å²) in [6, 6.07) is 2.99. The predicted octanol–water partition coefficient (Wildman–Crippen LogP) is 1.32. The molecule has 118 valence electrons. The lowest BCUT2D eigenvalue weighted by Gasteiger charge is -2.27. The maximum atomic E-state index is 12.4. The van der Waals surface area contributed by atoms with Gasteiger partial charge in [0, 0.05) is 31.9 Å². The summed E-state index contributed by atoms with van der Waals surface area (Å²) < 4.78 is 0. The van der Waals surface area contributed by atoms with Crippen molar-refractivity contribution in [1.82, 2.24) is 14.8 Å². The van der Waals surface area contributed by atoms with Crippen molar-refractivity contribution in [2.75, 3.05) is 27.2 Å². The van der Waals surface area contributed by atoms with Crippen molar-refractivity contribution < 1.29 is 14.7 Å². The summed E-state index contributed by atoms with van der Waals surface area (Å²) in [5.74, 6) is -1.12. The van der Waals surface area contributed by atoms with Crippen LogP contribution in [0.25, 0.3) is 0 Å². The van der Waals surface area contributed by atoms with Gasteiger partial charge in [-0.25, -0.2) is 0 Å². The highest BCUT2D eigenvalue weighted by molar-refractivity contribution is 6.08. The van der Waals surface area contributed by atoms with Crippen molar-refractivity contribution in [2.45, 2.75) is 19.4 Å². The number of hydrogen-bond acceptors (Lipinski definition) is 5. The van der Waals surface area contributed by atoms with E-state index in [2.05, 4.69) is 4.98 Å². The van der Waals surface area contributed by atoms with E-state index >= 15 is 0 Å². The summed E-state index contributed by atoms with van der Waals surface area (Å²) in [6.07, 6.45) is 3.48. The first-order chi connectivity index (χ1) is 10.5. The van der Waals surface area contributed by atoms with Gasteiger partial charge in [0.15, 0.2) is 11.5 Å². The average molecular weight is 303 g/mol. The van der Waals surface area contributed by atoms with Crippen LogP contribution in [0.15, 0.2) is 35.9 Å². The van der Waals surface area contributed by atoms with Gasteiger partial charge < -0.3 is 14.9 Å². The second kappa shape index (κ2) is 6.70. The van der Waals surface area contributed by atoms with Crippen molar-refractivity contribution in [1.29, 1.82) is 0 Å². The molecule has 22 heavy (non-hydrogen) atoms. The normalized spacial score (nSPS) is 18.5. The minimum atomic E-state index is -0.539. The number of hydrogen-bond donors (Lipinski definition) is 1. The van der Waals surface area contributed by atoms with Crippen LogP contribution in [0.2, 0.25) is 0 Å². The first kappa shape index (κ1) is 16.2. The number of carbonyl (C=O) groups is 2. The maximum absolute atomic E-state index is 12.4. The number of likely N-dealkylation sites (N-methyl/N-ethyl adjacent to an activating group) is 1. The van der Waals surface area contributed by atoms with Crippen LogP contribution in [0.5, 0.6) is 0 Å². The van der Waals surface area contributed by atoms with Gasteiger partial charge in [-0.3, -0.25) is 14.6 Å². The summed E-state index contributed by atoms with van der Waals surface area (Å²) in [4.78, 5) is 32.0. The van der Waals surface area contributed by atoms with E-state index in [1.807, 2.05) is 19.0 Å². The Balaban J connectivity index is 2.43. The number of pyridine rings is 1. The van der Waals surface area contributed by atoms with E-state index in [0.717, 1.165) is 5.56 Å². The third-order valence-electron chi connectivity index (χ3n) is 3.74. The second-order valence-corrected chi connectivity index (χ2v) is 5.52. The molecule has 6 heteroatoms. The number of aliphatic hydroxyl groups excluding tert-OH is 1. The monoisotopic (exact) mass is 303 g/mol. The molecule has 6 nitrogen and oxygen atoms in total. The van der Waals surface area contributed by atoms with Crippen LogP contribution in [0.3, 0.4) is 0 Å². The molecule has 0 radical (unpaired) electrons. The number of carbonyl (C=O) groups excluding carboxylic acids is 2. The highest BCUT2D eigenvalue weighted by Gasteiger charge is 2.42. The number of nitrogens with zero attached hydrogens (tertiary/aromatic N) is 3. The number of aromatic nitrogens is 1. The largest absolute Gasteiger partial charge is 0.503 e. The summed E-state index contributed by atoms with van der Waals surface area (Å²) >= 11 is 0. The second-order valence-electron chi connectivity index (χ2n) is 5.52. The standard InChI is InChI=1S/C16H21N3O3/c1-4-12(20)13-14(11-5-7-17-8-6-11)19(10-9-18(2)3)16(22)15(13)21/h5-8,14,21H,4,9-10H2,1-3H3. The van der Waals surface area contributed by atoms with Crippen molar-refractivity contribution in [3.05, 3.63) is 41.4 Å². The van der Waals surface area contributed by atoms with Gasteiger partial charge in [-0.1, -0.05) is 6.92 Å². The maximum Gasteiger partial charge on any atom is 0.290 e. The van der Waals surface area contributed by atoms with Gasteiger partial charge in [0.2, 0.25) is 0 Å².